The van der Waals surface area contributed by atoms with Crippen LogP contribution in [0, 0.1) is 6.92 Å². The van der Waals surface area contributed by atoms with E-state index in [4.69, 9.17) is 4.52 Å². The van der Waals surface area contributed by atoms with E-state index < -0.39 is 10.0 Å². The van der Waals surface area contributed by atoms with Gasteiger partial charge in [0.1, 0.15) is 16.3 Å². The molecule has 0 saturated carbocycles. The van der Waals surface area contributed by atoms with Crippen LogP contribution in [0.3, 0.4) is 0 Å². The number of hydrogen-bond donors (Lipinski definition) is 1. The number of thiophene rings is 1. The van der Waals surface area contributed by atoms with E-state index in [1.807, 2.05) is 17.5 Å². The van der Waals surface area contributed by atoms with Gasteiger partial charge in [-0.25, -0.2) is 8.42 Å². The highest BCUT2D eigenvalue weighted by Gasteiger charge is 2.24. The Morgan fingerprint density at radius 3 is 2.86 bits per heavy atom. The van der Waals surface area contributed by atoms with E-state index in [1.165, 1.54) is 28.3 Å². The lowest BCUT2D eigenvalue weighted by Gasteiger charge is -2.03. The Morgan fingerprint density at radius 2 is 2.24 bits per heavy atom. The number of aryl methyl sites for hydroxylation is 2. The summed E-state index contributed by atoms with van der Waals surface area (Å²) >= 11 is 1.43. The number of hydrogen-bond acceptors (Lipinski definition) is 6. The monoisotopic (exact) mass is 324 g/mol. The van der Waals surface area contributed by atoms with Gasteiger partial charge in [-0.05, 0) is 18.4 Å². The van der Waals surface area contributed by atoms with Crippen LogP contribution < -0.4 is 4.72 Å². The minimum atomic E-state index is -3.79. The van der Waals surface area contributed by atoms with Crippen molar-refractivity contribution < 1.29 is 12.9 Å². The molecule has 7 nitrogen and oxygen atoms in total. The molecule has 0 spiro atoms. The van der Waals surface area contributed by atoms with E-state index in [0.717, 1.165) is 4.88 Å². The van der Waals surface area contributed by atoms with Crippen LogP contribution >= 0.6 is 11.3 Å². The Bertz CT molecular complexity index is 862. The number of nitrogens with one attached hydrogen (secondary N) is 1. The predicted molar refractivity (Wildman–Crippen MR) is 78.6 cm³/mol. The molecule has 3 heterocycles. The number of anilines is 1. The third-order valence-electron chi connectivity index (χ3n) is 2.71. The molecule has 0 aliphatic rings. The van der Waals surface area contributed by atoms with Crippen molar-refractivity contribution >= 4 is 27.2 Å². The van der Waals surface area contributed by atoms with Gasteiger partial charge in [-0.1, -0.05) is 11.2 Å². The molecule has 0 aliphatic heterocycles. The molecular formula is C12H12N4O3S2. The number of aromatic nitrogens is 3. The molecule has 3 aromatic heterocycles. The fraction of sp³-hybridized carbons (Fsp3) is 0.167. The molecule has 0 bridgehead atoms. The molecule has 0 unspecified atom stereocenters. The molecular weight excluding hydrogens is 312 g/mol. The van der Waals surface area contributed by atoms with Gasteiger partial charge in [0.25, 0.3) is 10.0 Å². The van der Waals surface area contributed by atoms with Gasteiger partial charge >= 0.3 is 0 Å². The SMILES string of the molecule is Cc1cc(NS(=O)(=O)c2cn(C)nc2-c2cccs2)no1. The van der Waals surface area contributed by atoms with Crippen molar-refractivity contribution in [2.24, 2.45) is 7.05 Å². The molecule has 3 aromatic rings. The molecule has 0 aromatic carbocycles. The highest BCUT2D eigenvalue weighted by molar-refractivity contribution is 7.92. The predicted octanol–water partition coefficient (Wildman–Crippen LogP) is 2.25. The van der Waals surface area contributed by atoms with Crippen molar-refractivity contribution in [3.05, 3.63) is 35.5 Å². The second kappa shape index (κ2) is 5.01. The highest BCUT2D eigenvalue weighted by atomic mass is 32.2. The molecule has 0 amide bonds. The summed E-state index contributed by atoms with van der Waals surface area (Å²) in [6, 6.07) is 5.19. The molecule has 0 radical (unpaired) electrons. The Hall–Kier alpha value is -2.13. The number of nitrogens with zero attached hydrogens (tertiary/aromatic N) is 3. The zero-order valence-electron chi connectivity index (χ0n) is 11.3. The van der Waals surface area contributed by atoms with Crippen LogP contribution in [0.2, 0.25) is 0 Å². The van der Waals surface area contributed by atoms with Crippen LogP contribution in [-0.2, 0) is 17.1 Å². The minimum absolute atomic E-state index is 0.105. The molecule has 0 saturated heterocycles. The topological polar surface area (TPSA) is 90.0 Å². The van der Waals surface area contributed by atoms with E-state index in [2.05, 4.69) is 15.0 Å². The Morgan fingerprint density at radius 1 is 1.43 bits per heavy atom. The summed E-state index contributed by atoms with van der Waals surface area (Å²) in [5.74, 6) is 0.672. The van der Waals surface area contributed by atoms with E-state index in [0.29, 0.717) is 11.5 Å². The van der Waals surface area contributed by atoms with Gasteiger partial charge in [0, 0.05) is 19.3 Å². The largest absolute Gasteiger partial charge is 0.360 e. The first-order valence-electron chi connectivity index (χ1n) is 5.99. The molecule has 21 heavy (non-hydrogen) atoms. The summed E-state index contributed by atoms with van der Waals surface area (Å²) in [4.78, 5) is 0.889. The molecule has 0 atom stereocenters. The van der Waals surface area contributed by atoms with Gasteiger partial charge in [0.05, 0.1) is 4.88 Å². The number of rotatable bonds is 4. The normalized spacial score (nSPS) is 11.7. The minimum Gasteiger partial charge on any atom is -0.360 e. The van der Waals surface area contributed by atoms with Crippen molar-refractivity contribution in [1.29, 1.82) is 0 Å². The first-order chi connectivity index (χ1) is 9.95. The lowest BCUT2D eigenvalue weighted by atomic mass is 10.3. The summed E-state index contributed by atoms with van der Waals surface area (Å²) in [5, 5.41) is 9.74. The third-order valence-corrected chi connectivity index (χ3v) is 4.94. The molecule has 1 N–H and O–H groups in total. The van der Waals surface area contributed by atoms with Gasteiger partial charge in [0.2, 0.25) is 0 Å². The van der Waals surface area contributed by atoms with E-state index in [1.54, 1.807) is 14.0 Å². The van der Waals surface area contributed by atoms with Gasteiger partial charge in [0.15, 0.2) is 5.82 Å². The van der Waals surface area contributed by atoms with Gasteiger partial charge in [-0.15, -0.1) is 11.3 Å². The fourth-order valence-corrected chi connectivity index (χ4v) is 3.82. The van der Waals surface area contributed by atoms with Gasteiger partial charge in [-0.3, -0.25) is 9.40 Å². The lowest BCUT2D eigenvalue weighted by Crippen LogP contribution is -2.13. The Balaban J connectivity index is 2.03. The summed E-state index contributed by atoms with van der Waals surface area (Å²) in [5.41, 5.74) is 0.417. The lowest BCUT2D eigenvalue weighted by molar-refractivity contribution is 0.400. The van der Waals surface area contributed by atoms with Crippen LogP contribution in [0.25, 0.3) is 10.6 Å². The molecule has 0 fully saturated rings. The average molecular weight is 324 g/mol. The summed E-state index contributed by atoms with van der Waals surface area (Å²) in [6.45, 7) is 1.69. The smallest absolute Gasteiger partial charge is 0.266 e. The van der Waals surface area contributed by atoms with Crippen LogP contribution in [0.5, 0.6) is 0 Å². The molecule has 3 rings (SSSR count). The van der Waals surface area contributed by atoms with Gasteiger partial charge in [-0.2, -0.15) is 5.10 Å². The Labute approximate surface area is 125 Å². The zero-order chi connectivity index (χ0) is 15.0. The van der Waals surface area contributed by atoms with E-state index >= 15 is 0 Å². The van der Waals surface area contributed by atoms with Crippen molar-refractivity contribution in [3.8, 4) is 10.6 Å². The molecule has 9 heteroatoms. The van der Waals surface area contributed by atoms with Crippen LogP contribution in [0.15, 0.2) is 39.2 Å². The van der Waals surface area contributed by atoms with Crippen molar-refractivity contribution in [3.63, 3.8) is 0 Å². The van der Waals surface area contributed by atoms with E-state index in [-0.39, 0.29) is 10.7 Å². The summed E-state index contributed by atoms with van der Waals surface area (Å²) < 4.78 is 33.7. The first-order valence-corrected chi connectivity index (χ1v) is 8.35. The van der Waals surface area contributed by atoms with Crippen LogP contribution in [0.4, 0.5) is 5.82 Å². The first kappa shape index (κ1) is 13.8. The third kappa shape index (κ3) is 2.69. The zero-order valence-corrected chi connectivity index (χ0v) is 12.9. The quantitative estimate of drug-likeness (QED) is 0.795. The second-order valence-electron chi connectivity index (χ2n) is 4.42. The molecule has 0 aliphatic carbocycles. The van der Waals surface area contributed by atoms with Crippen LogP contribution in [0.1, 0.15) is 5.76 Å². The maximum Gasteiger partial charge on any atom is 0.266 e. The van der Waals surface area contributed by atoms with Crippen molar-refractivity contribution in [2.75, 3.05) is 4.72 Å². The van der Waals surface area contributed by atoms with Crippen molar-refractivity contribution in [1.82, 2.24) is 14.9 Å². The second-order valence-corrected chi connectivity index (χ2v) is 7.02. The Kier molecular flexibility index (Phi) is 3.30. The maximum absolute atomic E-state index is 12.5. The summed E-state index contributed by atoms with van der Waals surface area (Å²) in [6.07, 6.45) is 1.46. The van der Waals surface area contributed by atoms with E-state index in [9.17, 15) is 8.42 Å². The van der Waals surface area contributed by atoms with Crippen molar-refractivity contribution in [2.45, 2.75) is 11.8 Å². The highest BCUT2D eigenvalue weighted by Crippen LogP contribution is 2.30. The number of sulfonamides is 1. The van der Waals surface area contributed by atoms with Gasteiger partial charge < -0.3 is 4.52 Å². The standard InChI is InChI=1S/C12H12N4O3S2/c1-8-6-11(14-19-8)15-21(17,18)10-7-16(2)13-12(10)9-4-3-5-20-9/h3-7H,1-2H3,(H,14,15). The van der Waals surface area contributed by atoms with Crippen LogP contribution in [-0.4, -0.2) is 23.4 Å². The average Bonchev–Trinajstić information content (AvgIpc) is 3.09. The fourth-order valence-electron chi connectivity index (χ4n) is 1.85. The maximum atomic E-state index is 12.5. The molecule has 110 valence electrons. The summed E-state index contributed by atoms with van der Waals surface area (Å²) in [7, 11) is -2.11.